The Labute approximate surface area is 110 Å². The lowest BCUT2D eigenvalue weighted by atomic mass is 9.77. The fourth-order valence-corrected chi connectivity index (χ4v) is 3.02. The van der Waals surface area contributed by atoms with E-state index in [9.17, 15) is 0 Å². The summed E-state index contributed by atoms with van der Waals surface area (Å²) in [7, 11) is 0. The fraction of sp³-hybridized carbons (Fsp3) is 0.412. The molecule has 0 spiro atoms. The Hall–Kier alpha value is -1.34. The minimum absolute atomic E-state index is 0.554. The Morgan fingerprint density at radius 3 is 2.67 bits per heavy atom. The minimum Gasteiger partial charge on any atom is -0.293 e. The second kappa shape index (κ2) is 4.74. The summed E-state index contributed by atoms with van der Waals surface area (Å²) in [5.41, 5.74) is 3.05. The molecule has 2 unspecified atom stereocenters. The van der Waals surface area contributed by atoms with Gasteiger partial charge in [0.05, 0.1) is 0 Å². The van der Waals surface area contributed by atoms with Crippen LogP contribution in [0.3, 0.4) is 0 Å². The highest BCUT2D eigenvalue weighted by Crippen LogP contribution is 2.36. The molecule has 0 aromatic rings. The molecule has 1 aliphatic heterocycles. The standard InChI is InChI=1S/C17H21N/c1-13(2)18-11-10-15(12-18)17-9-5-7-14-6-3-4-8-16(14)17/h3-10,13-14,16H,11-12H2,1-2H3. The molecule has 2 aliphatic carbocycles. The van der Waals surface area contributed by atoms with Gasteiger partial charge in [-0.15, -0.1) is 0 Å². The SMILES string of the molecule is CC(C)N1CC=C(C2=CC=CC3C=CC=CC23)C1. The Morgan fingerprint density at radius 1 is 1.11 bits per heavy atom. The summed E-state index contributed by atoms with van der Waals surface area (Å²) in [5, 5.41) is 0. The number of allylic oxidation sites excluding steroid dienone is 7. The van der Waals surface area contributed by atoms with E-state index >= 15 is 0 Å². The van der Waals surface area contributed by atoms with Gasteiger partial charge < -0.3 is 0 Å². The van der Waals surface area contributed by atoms with E-state index in [1.807, 2.05) is 0 Å². The van der Waals surface area contributed by atoms with Gasteiger partial charge in [-0.1, -0.05) is 48.6 Å². The van der Waals surface area contributed by atoms with Gasteiger partial charge >= 0.3 is 0 Å². The first-order valence-electron chi connectivity index (χ1n) is 6.92. The lowest BCUT2D eigenvalue weighted by molar-refractivity contribution is 0.284. The molecular formula is C17H21N. The van der Waals surface area contributed by atoms with Crippen LogP contribution in [0.2, 0.25) is 0 Å². The smallest absolute Gasteiger partial charge is 0.0240 e. The van der Waals surface area contributed by atoms with Crippen molar-refractivity contribution < 1.29 is 0 Å². The van der Waals surface area contributed by atoms with Gasteiger partial charge in [0.15, 0.2) is 0 Å². The molecule has 0 aromatic heterocycles. The van der Waals surface area contributed by atoms with Crippen LogP contribution in [0.15, 0.2) is 59.8 Å². The van der Waals surface area contributed by atoms with E-state index in [2.05, 4.69) is 67.4 Å². The van der Waals surface area contributed by atoms with Gasteiger partial charge in [0.2, 0.25) is 0 Å². The molecule has 1 heterocycles. The van der Waals surface area contributed by atoms with Crippen LogP contribution in [0.5, 0.6) is 0 Å². The number of nitrogens with zero attached hydrogens (tertiary/aromatic N) is 1. The van der Waals surface area contributed by atoms with Crippen LogP contribution in [0.25, 0.3) is 0 Å². The van der Waals surface area contributed by atoms with Crippen molar-refractivity contribution in [2.24, 2.45) is 11.8 Å². The molecule has 0 saturated carbocycles. The van der Waals surface area contributed by atoms with E-state index in [1.54, 1.807) is 0 Å². The van der Waals surface area contributed by atoms with Gasteiger partial charge in [-0.2, -0.15) is 0 Å². The fourth-order valence-electron chi connectivity index (χ4n) is 3.02. The maximum Gasteiger partial charge on any atom is 0.0240 e. The van der Waals surface area contributed by atoms with Crippen LogP contribution in [-0.4, -0.2) is 24.0 Å². The average molecular weight is 239 g/mol. The molecule has 1 heteroatoms. The second-order valence-electron chi connectivity index (χ2n) is 5.63. The number of hydrogen-bond acceptors (Lipinski definition) is 1. The molecule has 0 saturated heterocycles. The van der Waals surface area contributed by atoms with Crippen LogP contribution in [0, 0.1) is 11.8 Å². The molecule has 0 radical (unpaired) electrons. The van der Waals surface area contributed by atoms with Gasteiger partial charge in [-0.3, -0.25) is 4.90 Å². The molecule has 18 heavy (non-hydrogen) atoms. The number of rotatable bonds is 2. The van der Waals surface area contributed by atoms with E-state index in [0.29, 0.717) is 17.9 Å². The summed E-state index contributed by atoms with van der Waals surface area (Å²) in [6.07, 6.45) is 18.3. The third-order valence-corrected chi connectivity index (χ3v) is 4.19. The van der Waals surface area contributed by atoms with Crippen molar-refractivity contribution in [2.75, 3.05) is 13.1 Å². The van der Waals surface area contributed by atoms with Crippen LogP contribution < -0.4 is 0 Å². The third-order valence-electron chi connectivity index (χ3n) is 4.19. The van der Waals surface area contributed by atoms with Crippen LogP contribution in [-0.2, 0) is 0 Å². The first kappa shape index (κ1) is 11.7. The van der Waals surface area contributed by atoms with E-state index in [0.717, 1.165) is 13.1 Å². The maximum absolute atomic E-state index is 2.52. The predicted octanol–water partition coefficient (Wildman–Crippen LogP) is 3.49. The molecule has 3 rings (SSSR count). The number of hydrogen-bond donors (Lipinski definition) is 0. The number of fused-ring (bicyclic) bond motifs is 1. The highest BCUT2D eigenvalue weighted by molar-refractivity contribution is 5.46. The molecule has 2 atom stereocenters. The molecule has 0 aromatic carbocycles. The Balaban J connectivity index is 1.81. The second-order valence-corrected chi connectivity index (χ2v) is 5.63. The summed E-state index contributed by atoms with van der Waals surface area (Å²) < 4.78 is 0. The van der Waals surface area contributed by atoms with E-state index in [1.165, 1.54) is 11.1 Å². The minimum atomic E-state index is 0.554. The van der Waals surface area contributed by atoms with Crippen LogP contribution >= 0.6 is 0 Å². The molecule has 94 valence electrons. The Morgan fingerprint density at radius 2 is 1.89 bits per heavy atom. The average Bonchev–Trinajstić information content (AvgIpc) is 2.87. The van der Waals surface area contributed by atoms with Crippen molar-refractivity contribution in [3.63, 3.8) is 0 Å². The topological polar surface area (TPSA) is 3.24 Å². The molecule has 1 nitrogen and oxygen atoms in total. The predicted molar refractivity (Wildman–Crippen MR) is 77.3 cm³/mol. The molecule has 0 fully saturated rings. The molecule has 0 N–H and O–H groups in total. The summed E-state index contributed by atoms with van der Waals surface area (Å²) >= 11 is 0. The normalized spacial score (nSPS) is 30.6. The van der Waals surface area contributed by atoms with Gasteiger partial charge in [-0.05, 0) is 25.0 Å². The summed E-state index contributed by atoms with van der Waals surface area (Å²) in [5.74, 6) is 1.11. The largest absolute Gasteiger partial charge is 0.293 e. The van der Waals surface area contributed by atoms with Gasteiger partial charge in [-0.25, -0.2) is 0 Å². The van der Waals surface area contributed by atoms with Crippen molar-refractivity contribution >= 4 is 0 Å². The zero-order chi connectivity index (χ0) is 12.5. The molecule has 3 aliphatic rings. The lowest BCUT2D eigenvalue weighted by Gasteiger charge is -2.29. The van der Waals surface area contributed by atoms with Crippen LogP contribution in [0.1, 0.15) is 13.8 Å². The van der Waals surface area contributed by atoms with Crippen molar-refractivity contribution in [3.8, 4) is 0 Å². The summed E-state index contributed by atoms with van der Waals surface area (Å²) in [4.78, 5) is 2.52. The van der Waals surface area contributed by atoms with E-state index in [4.69, 9.17) is 0 Å². The molecule has 0 amide bonds. The van der Waals surface area contributed by atoms with Gasteiger partial charge in [0.1, 0.15) is 0 Å². The third kappa shape index (κ3) is 2.04. The first-order chi connectivity index (χ1) is 8.75. The van der Waals surface area contributed by atoms with E-state index in [-0.39, 0.29) is 0 Å². The van der Waals surface area contributed by atoms with Gasteiger partial charge in [0.25, 0.3) is 0 Å². The molecular weight excluding hydrogens is 218 g/mol. The zero-order valence-electron chi connectivity index (χ0n) is 11.2. The Bertz CT molecular complexity index is 474. The van der Waals surface area contributed by atoms with Crippen molar-refractivity contribution in [1.82, 2.24) is 4.90 Å². The summed E-state index contributed by atoms with van der Waals surface area (Å²) in [6.45, 7) is 6.76. The zero-order valence-corrected chi connectivity index (χ0v) is 11.2. The Kier molecular flexibility index (Phi) is 3.09. The highest BCUT2D eigenvalue weighted by Gasteiger charge is 2.27. The van der Waals surface area contributed by atoms with Crippen molar-refractivity contribution in [1.29, 1.82) is 0 Å². The summed E-state index contributed by atoms with van der Waals surface area (Å²) in [6, 6.07) is 0.635. The first-order valence-corrected chi connectivity index (χ1v) is 6.92. The van der Waals surface area contributed by atoms with Gasteiger partial charge in [0, 0.05) is 31.0 Å². The lowest BCUT2D eigenvalue weighted by Crippen LogP contribution is -2.29. The highest BCUT2D eigenvalue weighted by atomic mass is 15.2. The van der Waals surface area contributed by atoms with Crippen molar-refractivity contribution in [3.05, 3.63) is 59.8 Å². The maximum atomic E-state index is 2.52. The quantitative estimate of drug-likeness (QED) is 0.713. The van der Waals surface area contributed by atoms with Crippen molar-refractivity contribution in [2.45, 2.75) is 19.9 Å². The molecule has 0 bridgehead atoms. The van der Waals surface area contributed by atoms with Crippen LogP contribution in [0.4, 0.5) is 0 Å². The monoisotopic (exact) mass is 239 g/mol. The van der Waals surface area contributed by atoms with E-state index < -0.39 is 0 Å².